The average Bonchev–Trinajstić information content (AvgIpc) is 4.03. The van der Waals surface area contributed by atoms with E-state index in [-0.39, 0.29) is 47.1 Å². The van der Waals surface area contributed by atoms with E-state index >= 15 is 8.78 Å². The van der Waals surface area contributed by atoms with Gasteiger partial charge < -0.3 is 15.7 Å². The normalized spacial score (nSPS) is 11.2. The van der Waals surface area contributed by atoms with Gasteiger partial charge in [-0.1, -0.05) is 79.7 Å². The molecular formula is C58H44F6N8O7S4. The molecule has 0 radical (unpaired) electrons. The van der Waals surface area contributed by atoms with Crippen LogP contribution < -0.4 is 10.6 Å². The van der Waals surface area contributed by atoms with Crippen LogP contribution in [0.2, 0.25) is 0 Å². The summed E-state index contributed by atoms with van der Waals surface area (Å²) in [6, 6.07) is 35.8. The molecule has 25 heteroatoms. The fraction of sp³-hybridized carbons (Fsp3) is 0.121. The van der Waals surface area contributed by atoms with Crippen molar-refractivity contribution < 1.29 is 57.9 Å². The molecule has 0 aliphatic carbocycles. The van der Waals surface area contributed by atoms with E-state index in [0.717, 1.165) is 59.2 Å². The highest BCUT2D eigenvalue weighted by Gasteiger charge is 2.30. The number of anilines is 4. The van der Waals surface area contributed by atoms with Crippen molar-refractivity contribution in [3.63, 3.8) is 0 Å². The predicted octanol–water partition coefficient (Wildman–Crippen LogP) is 12.7. The largest absolute Gasteiger partial charge is 0.396 e. The minimum atomic E-state index is -4.57. The van der Waals surface area contributed by atoms with Gasteiger partial charge in [-0.15, -0.1) is 22.7 Å². The lowest BCUT2D eigenvalue weighted by Crippen LogP contribution is -2.11. The molecule has 10 rings (SSSR count). The van der Waals surface area contributed by atoms with Crippen LogP contribution in [-0.2, 0) is 53.6 Å². The topological polar surface area (TPSA) is 224 Å². The molecule has 4 heterocycles. The van der Waals surface area contributed by atoms with Crippen molar-refractivity contribution in [2.75, 3.05) is 17.2 Å². The molecular weight excluding hydrogens is 1160 g/mol. The molecule has 15 nitrogen and oxygen atoms in total. The molecule has 10 aromatic rings. The highest BCUT2D eigenvalue weighted by molar-refractivity contribution is 7.91. The van der Waals surface area contributed by atoms with Crippen LogP contribution in [0.4, 0.5) is 49.6 Å². The monoisotopic (exact) mass is 1210 g/mol. The molecule has 0 spiro atoms. The maximum absolute atomic E-state index is 15.9. The quantitative estimate of drug-likeness (QED) is 0.0680. The second-order valence-electron chi connectivity index (χ2n) is 17.6. The molecule has 0 aliphatic heterocycles. The Kier molecular flexibility index (Phi) is 19.8. The minimum absolute atomic E-state index is 0.0201. The van der Waals surface area contributed by atoms with Crippen LogP contribution in [-0.4, -0.2) is 64.6 Å². The molecule has 6 aromatic carbocycles. The summed E-state index contributed by atoms with van der Waals surface area (Å²) in [7, 11) is -9.10. The number of carbonyl (C=O) groups excluding carboxylic acids is 2. The third-order valence-electron chi connectivity index (χ3n) is 11.8. The van der Waals surface area contributed by atoms with Crippen LogP contribution in [0.3, 0.4) is 0 Å². The molecule has 0 bridgehead atoms. The van der Waals surface area contributed by atoms with Crippen LogP contribution >= 0.6 is 22.7 Å². The van der Waals surface area contributed by atoms with Gasteiger partial charge >= 0.3 is 6.15 Å². The first-order valence-corrected chi connectivity index (χ1v) is 29.7. The Labute approximate surface area is 479 Å². The van der Waals surface area contributed by atoms with Gasteiger partial charge in [-0.2, -0.15) is 9.59 Å². The summed E-state index contributed by atoms with van der Waals surface area (Å²) < 4.78 is 140. The first-order chi connectivity index (χ1) is 39.9. The maximum Gasteiger partial charge on any atom is 0.373 e. The number of hydrogen-bond acceptors (Lipinski definition) is 17. The van der Waals surface area contributed by atoms with Crippen LogP contribution in [0, 0.1) is 34.9 Å². The van der Waals surface area contributed by atoms with Gasteiger partial charge in [0.2, 0.25) is 11.9 Å². The van der Waals surface area contributed by atoms with Gasteiger partial charge in [0.15, 0.2) is 19.7 Å². The van der Waals surface area contributed by atoms with Gasteiger partial charge in [-0.3, -0.25) is 0 Å². The van der Waals surface area contributed by atoms with Crippen molar-refractivity contribution in [1.82, 2.24) is 29.9 Å². The minimum Gasteiger partial charge on any atom is -0.396 e. The smallest absolute Gasteiger partial charge is 0.373 e. The number of para-hydroxylation sites is 2. The average molecular weight is 1210 g/mol. The number of aryl methyl sites for hydroxylation is 1. The summed E-state index contributed by atoms with van der Waals surface area (Å²) >= 11 is 2.56. The Morgan fingerprint density at radius 1 is 0.494 bits per heavy atom. The van der Waals surface area contributed by atoms with Gasteiger partial charge in [0, 0.05) is 59.0 Å². The number of benzene rings is 6. The first-order valence-electron chi connectivity index (χ1n) is 24.7. The lowest BCUT2D eigenvalue weighted by atomic mass is 10.1. The third-order valence-corrected chi connectivity index (χ3v) is 17.5. The van der Waals surface area contributed by atoms with E-state index in [0.29, 0.717) is 50.2 Å². The van der Waals surface area contributed by atoms with Crippen LogP contribution in [0.15, 0.2) is 168 Å². The van der Waals surface area contributed by atoms with Gasteiger partial charge in [0.25, 0.3) is 0 Å². The van der Waals surface area contributed by atoms with E-state index in [2.05, 4.69) is 40.5 Å². The zero-order valence-corrected chi connectivity index (χ0v) is 46.5. The number of aliphatic hydroxyl groups is 1. The van der Waals surface area contributed by atoms with E-state index in [1.165, 1.54) is 65.3 Å². The predicted molar refractivity (Wildman–Crippen MR) is 301 cm³/mol. The zero-order chi connectivity index (χ0) is 59.3. The summed E-state index contributed by atoms with van der Waals surface area (Å²) in [6.45, 7) is 1.81. The lowest BCUT2D eigenvalue weighted by molar-refractivity contribution is -0.191. The molecule has 4 aromatic heterocycles. The second kappa shape index (κ2) is 27.3. The molecule has 0 amide bonds. The molecule has 424 valence electrons. The Morgan fingerprint density at radius 2 is 0.867 bits per heavy atom. The summed E-state index contributed by atoms with van der Waals surface area (Å²) in [5.74, 6) is -7.97. The summed E-state index contributed by atoms with van der Waals surface area (Å²) in [5.41, 5.74) is 2.50. The van der Waals surface area contributed by atoms with Crippen LogP contribution in [0.1, 0.15) is 34.5 Å². The Bertz CT molecular complexity index is 3890. The first kappa shape index (κ1) is 60.3. The van der Waals surface area contributed by atoms with Crippen LogP contribution in [0.25, 0.3) is 43.7 Å². The zero-order valence-electron chi connectivity index (χ0n) is 43.2. The highest BCUT2D eigenvalue weighted by atomic mass is 32.2. The molecule has 0 saturated heterocycles. The van der Waals surface area contributed by atoms with Crippen molar-refractivity contribution in [2.45, 2.75) is 47.5 Å². The number of nitrogens with zero attached hydrogens (tertiary/aromatic N) is 6. The lowest BCUT2D eigenvalue weighted by Gasteiger charge is -2.11. The maximum atomic E-state index is 15.9. The summed E-state index contributed by atoms with van der Waals surface area (Å²) in [5, 5.41) is 17.0. The number of rotatable bonds is 18. The molecule has 83 heavy (non-hydrogen) atoms. The standard InChI is InChI=1S/C29H23F3N4O2S2.C28H21F3N4O3S2.CO2/c1-2-8-24-36-26(27(39-24)23-15-16-33-29(35-23)34-19-10-4-3-5-11-19)20-12-6-9-18(25(20)32)17-40(37,38)28-21(30)13-7-14-22(28)31;29-20-10-5-11-21(30)27(20)40(37,38)16-17-6-4-9-19(24(17)31)25-26(39-23(35-25)13-15-36)22-12-14-32-28(34-22)33-18-7-2-1-3-8-18;2-1-3/h3-7,9-16H,2,8,17H2,1H3,(H,33,34,35);1-12,14,36H,13,15-16H2,(H,32,33,34);. The van der Waals surface area contributed by atoms with E-state index in [1.807, 2.05) is 67.6 Å². The fourth-order valence-electron chi connectivity index (χ4n) is 8.22. The van der Waals surface area contributed by atoms with Crippen LogP contribution in [0.5, 0.6) is 0 Å². The number of hydrogen-bond donors (Lipinski definition) is 3. The van der Waals surface area contributed by atoms with Gasteiger partial charge in [-0.05, 0) is 85.6 Å². The molecule has 0 saturated carbocycles. The molecule has 0 aliphatic rings. The molecule has 0 unspecified atom stereocenters. The number of sulfone groups is 2. The van der Waals surface area contributed by atoms with E-state index in [4.69, 9.17) is 9.59 Å². The highest BCUT2D eigenvalue weighted by Crippen LogP contribution is 2.41. The third kappa shape index (κ3) is 14.6. The summed E-state index contributed by atoms with van der Waals surface area (Å²) in [4.78, 5) is 42.0. The molecule has 0 atom stereocenters. The Morgan fingerprint density at radius 3 is 1.24 bits per heavy atom. The number of thiazole rings is 2. The number of nitrogens with one attached hydrogen (secondary N) is 2. The molecule has 0 fully saturated rings. The number of aromatic nitrogens is 6. The van der Waals surface area contributed by atoms with Crippen molar-refractivity contribution in [3.8, 4) is 43.7 Å². The van der Waals surface area contributed by atoms with Crippen molar-refractivity contribution in [1.29, 1.82) is 0 Å². The molecule has 3 N–H and O–H groups in total. The number of aliphatic hydroxyl groups excluding tert-OH is 1. The van der Waals surface area contributed by atoms with E-state index < -0.39 is 75.9 Å². The fourth-order valence-corrected chi connectivity index (χ4v) is 13.4. The SMILES string of the molecule is CCCc1nc(-c2cccc(CS(=O)(=O)c3c(F)cccc3F)c2F)c(-c2ccnc(Nc3ccccc3)n2)s1.O=C=O.O=S(=O)(Cc1cccc(-c2nc(CCO)sc2-c2ccnc(Nc3ccccc3)n2)c1F)c1c(F)cccc1F. The second-order valence-corrected chi connectivity index (χ2v) is 23.6. The number of halogens is 6. The van der Waals surface area contributed by atoms with Crippen molar-refractivity contribution >= 4 is 71.8 Å². The van der Waals surface area contributed by atoms with Crippen molar-refractivity contribution in [3.05, 3.63) is 214 Å². The summed E-state index contributed by atoms with van der Waals surface area (Å²) in [6.07, 6.45) is 5.04. The van der Waals surface area contributed by atoms with Gasteiger partial charge in [-0.25, -0.2) is 73.1 Å². The van der Waals surface area contributed by atoms with Crippen molar-refractivity contribution in [2.24, 2.45) is 0 Å². The Balaban J connectivity index is 0.000000207. The van der Waals surface area contributed by atoms with E-state index in [1.54, 1.807) is 18.3 Å². The van der Waals surface area contributed by atoms with Gasteiger partial charge in [0.1, 0.15) is 44.7 Å². The van der Waals surface area contributed by atoms with Gasteiger partial charge in [0.05, 0.1) is 54.1 Å². The van der Waals surface area contributed by atoms with E-state index in [9.17, 15) is 39.5 Å². The Hall–Kier alpha value is -8.84.